The molecule has 198 valence electrons. The van der Waals surface area contributed by atoms with Gasteiger partial charge in [-0.25, -0.2) is 4.98 Å². The number of rotatable bonds is 10. The predicted octanol–water partition coefficient (Wildman–Crippen LogP) is 4.85. The Morgan fingerprint density at radius 3 is 2.78 bits per heavy atom. The molecule has 11 heteroatoms. The average Bonchev–Trinajstić information content (AvgIpc) is 3.36. The topological polar surface area (TPSA) is 85.9 Å². The number of aromatic nitrogens is 2. The highest BCUT2D eigenvalue weighted by molar-refractivity contribution is 7.10. The summed E-state index contributed by atoms with van der Waals surface area (Å²) in [5.41, 5.74) is 3.51. The van der Waals surface area contributed by atoms with Crippen molar-refractivity contribution in [1.82, 2.24) is 14.9 Å². The molecule has 3 aromatic rings. The average molecular weight is 544 g/mol. The van der Waals surface area contributed by atoms with Crippen molar-refractivity contribution in [3.05, 3.63) is 45.2 Å². The highest BCUT2D eigenvalue weighted by atomic mass is 35.5. The van der Waals surface area contributed by atoms with Crippen molar-refractivity contribution in [1.29, 1.82) is 0 Å². The number of carbonyl (C=O) groups is 1. The van der Waals surface area contributed by atoms with Crippen LogP contribution in [0.4, 0.5) is 28.8 Å². The number of methoxy groups -OCH3 is 1. The number of hydrogen-bond donors (Lipinski definition) is 2. The Bertz CT molecular complexity index is 1250. The van der Waals surface area contributed by atoms with Crippen LogP contribution in [-0.4, -0.2) is 68.7 Å². The molecule has 1 aliphatic rings. The van der Waals surface area contributed by atoms with Crippen LogP contribution in [0.5, 0.6) is 5.75 Å². The Morgan fingerprint density at radius 1 is 1.24 bits per heavy atom. The zero-order valence-corrected chi connectivity index (χ0v) is 23.5. The maximum absolute atomic E-state index is 12.3. The fourth-order valence-corrected chi connectivity index (χ4v) is 5.25. The molecule has 0 bridgehead atoms. The summed E-state index contributed by atoms with van der Waals surface area (Å²) in [7, 11) is 7.68. The van der Waals surface area contributed by atoms with E-state index < -0.39 is 0 Å². The summed E-state index contributed by atoms with van der Waals surface area (Å²) in [6, 6.07) is 5.95. The number of amides is 1. The molecule has 0 saturated heterocycles. The van der Waals surface area contributed by atoms with Crippen LogP contribution in [-0.2, 0) is 17.8 Å². The summed E-state index contributed by atoms with van der Waals surface area (Å²) >= 11 is 8.32. The number of anilines is 5. The van der Waals surface area contributed by atoms with Gasteiger partial charge < -0.3 is 30.1 Å². The normalized spacial score (nSPS) is 12.9. The van der Waals surface area contributed by atoms with E-state index in [1.165, 1.54) is 10.4 Å². The summed E-state index contributed by atoms with van der Waals surface area (Å²) in [6.45, 7) is 5.08. The van der Waals surface area contributed by atoms with Crippen LogP contribution in [0.2, 0.25) is 5.02 Å². The Labute approximate surface area is 227 Å². The Morgan fingerprint density at radius 2 is 2.05 bits per heavy atom. The molecule has 9 nitrogen and oxygen atoms in total. The van der Waals surface area contributed by atoms with Crippen LogP contribution in [0.1, 0.15) is 23.8 Å². The summed E-state index contributed by atoms with van der Waals surface area (Å²) in [6.07, 6.45) is 2.96. The van der Waals surface area contributed by atoms with Crippen molar-refractivity contribution in [3.8, 4) is 5.75 Å². The first-order chi connectivity index (χ1) is 17.8. The first-order valence-corrected chi connectivity index (χ1v) is 13.5. The molecule has 0 aliphatic carbocycles. The van der Waals surface area contributed by atoms with E-state index in [-0.39, 0.29) is 5.91 Å². The van der Waals surface area contributed by atoms with E-state index in [9.17, 15) is 4.79 Å². The third-order valence-electron chi connectivity index (χ3n) is 6.29. The van der Waals surface area contributed by atoms with Crippen molar-refractivity contribution in [2.45, 2.75) is 26.3 Å². The van der Waals surface area contributed by atoms with Crippen LogP contribution in [0.3, 0.4) is 0 Å². The van der Waals surface area contributed by atoms with Crippen molar-refractivity contribution in [3.63, 3.8) is 0 Å². The van der Waals surface area contributed by atoms with E-state index in [1.54, 1.807) is 24.6 Å². The number of hydrogen-bond acceptors (Lipinski definition) is 9. The van der Waals surface area contributed by atoms with Crippen LogP contribution < -0.4 is 25.2 Å². The standard InChI is InChI=1S/C26H34ClN7O2S/c1-6-24(35)29-19-13-20(22(36-5)14-21(19)33(4)11-10-32(2)3)30-26-28-15-18(27)25(31-26)34-9-7-23-17(16-34)8-12-37-23/h8,12-15H,6-7,9-11,16H2,1-5H3,(H,29,35)(H,28,30,31). The summed E-state index contributed by atoms with van der Waals surface area (Å²) in [4.78, 5) is 29.3. The van der Waals surface area contributed by atoms with Gasteiger partial charge in [0.1, 0.15) is 10.8 Å². The summed E-state index contributed by atoms with van der Waals surface area (Å²) in [5, 5.41) is 8.95. The minimum absolute atomic E-state index is 0.0682. The molecule has 2 N–H and O–H groups in total. The Hall–Kier alpha value is -3.08. The Balaban J connectivity index is 1.64. The SMILES string of the molecule is CCC(=O)Nc1cc(Nc2ncc(Cl)c(N3CCc4sccc4C3)n2)c(OC)cc1N(C)CCN(C)C. The number of fused-ring (bicyclic) bond motifs is 1. The molecule has 0 spiro atoms. The molecule has 1 aliphatic heterocycles. The fraction of sp³-hybridized carbons (Fsp3) is 0.423. The number of benzene rings is 1. The number of halogens is 1. The van der Waals surface area contributed by atoms with Crippen molar-refractivity contribution < 1.29 is 9.53 Å². The third-order valence-corrected chi connectivity index (χ3v) is 7.58. The lowest BCUT2D eigenvalue weighted by atomic mass is 10.1. The van der Waals surface area contributed by atoms with E-state index in [2.05, 4.69) is 41.8 Å². The number of ether oxygens (including phenoxy) is 1. The van der Waals surface area contributed by atoms with E-state index in [1.807, 2.05) is 40.2 Å². The molecule has 0 fully saturated rings. The van der Waals surface area contributed by atoms with E-state index in [0.717, 1.165) is 38.3 Å². The zero-order chi connectivity index (χ0) is 26.5. The van der Waals surface area contributed by atoms with Crippen molar-refractivity contribution in [2.24, 2.45) is 0 Å². The second-order valence-electron chi connectivity index (χ2n) is 9.23. The van der Waals surface area contributed by atoms with Crippen molar-refractivity contribution >= 4 is 57.7 Å². The molecular formula is C26H34ClN7O2S. The monoisotopic (exact) mass is 543 g/mol. The van der Waals surface area contributed by atoms with Gasteiger partial charge in [-0.15, -0.1) is 11.3 Å². The smallest absolute Gasteiger partial charge is 0.229 e. The van der Waals surface area contributed by atoms with Crippen LogP contribution >= 0.6 is 22.9 Å². The predicted molar refractivity (Wildman–Crippen MR) is 153 cm³/mol. The molecule has 0 radical (unpaired) electrons. The lowest BCUT2D eigenvalue weighted by Crippen LogP contribution is -2.30. The summed E-state index contributed by atoms with van der Waals surface area (Å²) < 4.78 is 5.72. The van der Waals surface area contributed by atoms with Gasteiger partial charge in [-0.1, -0.05) is 18.5 Å². The van der Waals surface area contributed by atoms with E-state index >= 15 is 0 Å². The second kappa shape index (κ2) is 12.0. The van der Waals surface area contributed by atoms with Gasteiger partial charge >= 0.3 is 0 Å². The van der Waals surface area contributed by atoms with Crippen LogP contribution in [0.25, 0.3) is 0 Å². The van der Waals surface area contributed by atoms with Gasteiger partial charge in [0.2, 0.25) is 11.9 Å². The summed E-state index contributed by atoms with van der Waals surface area (Å²) in [5.74, 6) is 1.63. The minimum atomic E-state index is -0.0682. The van der Waals surface area contributed by atoms with E-state index in [0.29, 0.717) is 40.3 Å². The minimum Gasteiger partial charge on any atom is -0.494 e. The van der Waals surface area contributed by atoms with Gasteiger partial charge in [-0.3, -0.25) is 4.79 Å². The molecule has 3 heterocycles. The molecule has 4 rings (SSSR count). The largest absolute Gasteiger partial charge is 0.494 e. The molecule has 0 atom stereocenters. The second-order valence-corrected chi connectivity index (χ2v) is 10.6. The molecule has 1 amide bonds. The highest BCUT2D eigenvalue weighted by Gasteiger charge is 2.22. The van der Waals surface area contributed by atoms with Gasteiger partial charge in [0, 0.05) is 50.6 Å². The molecule has 0 unspecified atom stereocenters. The number of likely N-dealkylation sites (N-methyl/N-ethyl adjacent to an activating group) is 2. The lowest BCUT2D eigenvalue weighted by molar-refractivity contribution is -0.115. The molecular weight excluding hydrogens is 510 g/mol. The molecule has 1 aromatic carbocycles. The van der Waals surface area contributed by atoms with E-state index in [4.69, 9.17) is 21.3 Å². The van der Waals surface area contributed by atoms with Gasteiger partial charge in [0.25, 0.3) is 0 Å². The third kappa shape index (κ3) is 6.44. The first kappa shape index (κ1) is 27.0. The lowest BCUT2D eigenvalue weighted by Gasteiger charge is -2.29. The maximum atomic E-state index is 12.3. The zero-order valence-electron chi connectivity index (χ0n) is 22.0. The Kier molecular flexibility index (Phi) is 8.73. The number of thiophene rings is 1. The first-order valence-electron chi connectivity index (χ1n) is 12.3. The fourth-order valence-electron chi connectivity index (χ4n) is 4.15. The molecule has 0 saturated carbocycles. The molecule has 37 heavy (non-hydrogen) atoms. The number of nitrogens with zero attached hydrogens (tertiary/aromatic N) is 5. The number of carbonyl (C=O) groups excluding carboxylic acids is 1. The molecule has 2 aromatic heterocycles. The quantitative estimate of drug-likeness (QED) is 0.375. The highest BCUT2D eigenvalue weighted by Crippen LogP contribution is 2.38. The van der Waals surface area contributed by atoms with Gasteiger partial charge in [0.05, 0.1) is 30.4 Å². The van der Waals surface area contributed by atoms with Gasteiger partial charge in [0.15, 0.2) is 5.82 Å². The van der Waals surface area contributed by atoms with Crippen LogP contribution in [0, 0.1) is 0 Å². The van der Waals surface area contributed by atoms with Gasteiger partial charge in [-0.05, 0) is 43.6 Å². The number of nitrogens with one attached hydrogen (secondary N) is 2. The van der Waals surface area contributed by atoms with Crippen LogP contribution in [0.15, 0.2) is 29.8 Å². The van der Waals surface area contributed by atoms with Gasteiger partial charge in [-0.2, -0.15) is 4.98 Å². The van der Waals surface area contributed by atoms with Crippen molar-refractivity contribution in [2.75, 3.05) is 68.3 Å². The maximum Gasteiger partial charge on any atom is 0.229 e.